The molecule has 0 spiro atoms. The number of rotatable bonds is 0. The van der Waals surface area contributed by atoms with Crippen molar-refractivity contribution in [3.05, 3.63) is 83.9 Å². The lowest BCUT2D eigenvalue weighted by molar-refractivity contribution is 0.653. The average molecular weight is 373 g/mol. The number of fused-ring (bicyclic) bond motifs is 11. The maximum atomic E-state index is 6.47. The Kier molecular flexibility index (Phi) is 2.60. The smallest absolute Gasteiger partial charge is 0.143 e. The molecular weight excluding hydrogens is 354 g/mol. The molecule has 2 heterocycles. The van der Waals surface area contributed by atoms with Gasteiger partial charge >= 0.3 is 0 Å². The van der Waals surface area contributed by atoms with Gasteiger partial charge in [0.2, 0.25) is 0 Å². The van der Waals surface area contributed by atoms with E-state index in [0.717, 1.165) is 11.2 Å². The average Bonchev–Trinajstić information content (AvgIpc) is 3.36. The Balaban J connectivity index is 1.76. The minimum Gasteiger partial charge on any atom is -0.455 e. The van der Waals surface area contributed by atoms with Gasteiger partial charge in [0.25, 0.3) is 0 Å². The van der Waals surface area contributed by atoms with Crippen LogP contribution in [-0.2, 0) is 5.41 Å². The zero-order chi connectivity index (χ0) is 19.3. The highest BCUT2D eigenvalue weighted by atomic mass is 16.3. The molecule has 2 nitrogen and oxygen atoms in total. The highest BCUT2D eigenvalue weighted by Gasteiger charge is 2.39. The van der Waals surface area contributed by atoms with Crippen LogP contribution < -0.4 is 0 Å². The molecule has 0 saturated heterocycles. The van der Waals surface area contributed by atoms with E-state index in [9.17, 15) is 0 Å². The fraction of sp³-hybridized carbons (Fsp3) is 0.111. The third-order valence-electron chi connectivity index (χ3n) is 6.81. The van der Waals surface area contributed by atoms with Gasteiger partial charge in [0.1, 0.15) is 11.2 Å². The maximum Gasteiger partial charge on any atom is 0.143 e. The van der Waals surface area contributed by atoms with E-state index < -0.39 is 0 Å². The number of furan rings is 1. The normalized spacial score (nSPS) is 14.8. The molecule has 1 N–H and O–H groups in total. The Morgan fingerprint density at radius 1 is 0.655 bits per heavy atom. The van der Waals surface area contributed by atoms with E-state index in [-0.39, 0.29) is 5.41 Å². The van der Waals surface area contributed by atoms with Gasteiger partial charge in [-0.05, 0) is 34.9 Å². The third kappa shape index (κ3) is 1.73. The summed E-state index contributed by atoms with van der Waals surface area (Å²) in [6.45, 7) is 4.65. The minimum atomic E-state index is -0.0651. The van der Waals surface area contributed by atoms with Crippen LogP contribution in [0.3, 0.4) is 0 Å². The van der Waals surface area contributed by atoms with Gasteiger partial charge in [0.15, 0.2) is 0 Å². The minimum absolute atomic E-state index is 0.0651. The molecule has 0 unspecified atom stereocenters. The SMILES string of the molecule is CC1(C)c2ccc3c(oc4ccccc43)c2-c2c1ccc1[nH]c3ccccc3c21. The summed E-state index contributed by atoms with van der Waals surface area (Å²) in [5.74, 6) is 0. The predicted molar refractivity (Wildman–Crippen MR) is 121 cm³/mol. The van der Waals surface area contributed by atoms with Crippen molar-refractivity contribution in [3.63, 3.8) is 0 Å². The molecule has 29 heavy (non-hydrogen) atoms. The fourth-order valence-electron chi connectivity index (χ4n) is 5.43. The first kappa shape index (κ1) is 15.4. The summed E-state index contributed by atoms with van der Waals surface area (Å²) in [6.07, 6.45) is 0. The van der Waals surface area contributed by atoms with Crippen molar-refractivity contribution in [2.24, 2.45) is 0 Å². The van der Waals surface area contributed by atoms with Crippen LogP contribution in [0.25, 0.3) is 54.9 Å². The van der Waals surface area contributed by atoms with Crippen LogP contribution in [0, 0.1) is 0 Å². The Morgan fingerprint density at radius 2 is 1.38 bits per heavy atom. The Labute approximate surface area is 167 Å². The summed E-state index contributed by atoms with van der Waals surface area (Å²) in [7, 11) is 0. The van der Waals surface area contributed by atoms with Crippen molar-refractivity contribution in [2.75, 3.05) is 0 Å². The van der Waals surface area contributed by atoms with E-state index in [4.69, 9.17) is 4.42 Å². The lowest BCUT2D eigenvalue weighted by atomic mass is 9.82. The summed E-state index contributed by atoms with van der Waals surface area (Å²) < 4.78 is 6.47. The largest absolute Gasteiger partial charge is 0.455 e. The first-order valence-electron chi connectivity index (χ1n) is 10.1. The number of aromatic amines is 1. The maximum absolute atomic E-state index is 6.47. The Morgan fingerprint density at radius 3 is 2.28 bits per heavy atom. The molecule has 0 radical (unpaired) electrons. The lowest BCUT2D eigenvalue weighted by Crippen LogP contribution is -2.14. The highest BCUT2D eigenvalue weighted by molar-refractivity contribution is 6.21. The monoisotopic (exact) mass is 373 g/mol. The summed E-state index contributed by atoms with van der Waals surface area (Å²) in [5.41, 5.74) is 9.56. The third-order valence-corrected chi connectivity index (χ3v) is 6.81. The summed E-state index contributed by atoms with van der Waals surface area (Å²) in [6, 6.07) is 26.0. The molecule has 138 valence electrons. The molecule has 1 aliphatic rings. The summed E-state index contributed by atoms with van der Waals surface area (Å²) in [5, 5.41) is 4.96. The molecule has 0 amide bonds. The standard InChI is InChI=1S/C27H19NO/c1-27(2)18-13-14-21-23(17-8-3-5-9-20(17)28-21)24(18)25-19(27)12-11-16-15-7-4-6-10-22(15)29-26(16)25/h3-14,28H,1-2H3. The summed E-state index contributed by atoms with van der Waals surface area (Å²) >= 11 is 0. The number of hydrogen-bond donors (Lipinski definition) is 1. The number of benzene rings is 4. The first-order valence-corrected chi connectivity index (χ1v) is 10.1. The molecule has 6 aromatic rings. The molecule has 0 aliphatic heterocycles. The van der Waals surface area contributed by atoms with Crippen LogP contribution in [0.4, 0.5) is 0 Å². The second-order valence-corrected chi connectivity index (χ2v) is 8.67. The van der Waals surface area contributed by atoms with Gasteiger partial charge in [-0.1, -0.05) is 68.4 Å². The molecule has 1 aliphatic carbocycles. The number of para-hydroxylation sites is 2. The van der Waals surface area contributed by atoms with Gasteiger partial charge in [-0.25, -0.2) is 0 Å². The van der Waals surface area contributed by atoms with Crippen LogP contribution >= 0.6 is 0 Å². The first-order chi connectivity index (χ1) is 14.1. The van der Waals surface area contributed by atoms with Crippen molar-refractivity contribution in [1.29, 1.82) is 0 Å². The van der Waals surface area contributed by atoms with Gasteiger partial charge in [0.05, 0.1) is 0 Å². The van der Waals surface area contributed by atoms with Crippen LogP contribution in [0.1, 0.15) is 25.0 Å². The van der Waals surface area contributed by atoms with Crippen LogP contribution in [0.2, 0.25) is 0 Å². The molecule has 0 saturated carbocycles. The van der Waals surface area contributed by atoms with Crippen molar-refractivity contribution in [2.45, 2.75) is 19.3 Å². The van der Waals surface area contributed by atoms with Gasteiger partial charge in [-0.3, -0.25) is 0 Å². The molecule has 4 aromatic carbocycles. The quantitative estimate of drug-likeness (QED) is 0.293. The fourth-order valence-corrected chi connectivity index (χ4v) is 5.43. The van der Waals surface area contributed by atoms with Gasteiger partial charge < -0.3 is 9.40 Å². The van der Waals surface area contributed by atoms with Gasteiger partial charge in [0, 0.05) is 43.6 Å². The Hall–Kier alpha value is -3.52. The van der Waals surface area contributed by atoms with Crippen molar-refractivity contribution in [3.8, 4) is 11.1 Å². The zero-order valence-corrected chi connectivity index (χ0v) is 16.3. The predicted octanol–water partition coefficient (Wildman–Crippen LogP) is 7.53. The van der Waals surface area contributed by atoms with E-state index in [2.05, 4.69) is 85.6 Å². The van der Waals surface area contributed by atoms with E-state index >= 15 is 0 Å². The van der Waals surface area contributed by atoms with E-state index in [1.165, 1.54) is 54.8 Å². The van der Waals surface area contributed by atoms with Crippen molar-refractivity contribution in [1.82, 2.24) is 4.98 Å². The molecule has 2 heteroatoms. The van der Waals surface area contributed by atoms with Gasteiger partial charge in [-0.2, -0.15) is 0 Å². The Bertz CT molecular complexity index is 1630. The van der Waals surface area contributed by atoms with Gasteiger partial charge in [-0.15, -0.1) is 0 Å². The second-order valence-electron chi connectivity index (χ2n) is 8.67. The molecule has 7 rings (SSSR count). The number of aromatic nitrogens is 1. The van der Waals surface area contributed by atoms with Crippen LogP contribution in [-0.4, -0.2) is 4.98 Å². The van der Waals surface area contributed by atoms with E-state index in [1.807, 2.05) is 6.07 Å². The van der Waals surface area contributed by atoms with Crippen molar-refractivity contribution < 1.29 is 4.42 Å². The molecular formula is C27H19NO. The topological polar surface area (TPSA) is 28.9 Å². The molecule has 0 bridgehead atoms. The molecule has 2 aromatic heterocycles. The highest BCUT2D eigenvalue weighted by Crippen LogP contribution is 2.55. The van der Waals surface area contributed by atoms with E-state index in [1.54, 1.807) is 0 Å². The second kappa shape index (κ2) is 4.90. The van der Waals surface area contributed by atoms with Crippen LogP contribution in [0.5, 0.6) is 0 Å². The number of H-pyrrole nitrogens is 1. The molecule has 0 atom stereocenters. The zero-order valence-electron chi connectivity index (χ0n) is 16.3. The van der Waals surface area contributed by atoms with E-state index in [0.29, 0.717) is 0 Å². The van der Waals surface area contributed by atoms with Crippen molar-refractivity contribution >= 4 is 43.7 Å². The van der Waals surface area contributed by atoms with Crippen LogP contribution in [0.15, 0.2) is 77.2 Å². The lowest BCUT2D eigenvalue weighted by Gasteiger charge is -2.21. The molecule has 0 fully saturated rings. The number of hydrogen-bond acceptors (Lipinski definition) is 1. The number of nitrogens with one attached hydrogen (secondary N) is 1. The summed E-state index contributed by atoms with van der Waals surface area (Å²) in [4.78, 5) is 3.61.